The molecule has 0 spiro atoms. The number of carbonyl (C=O) groups is 2. The Balaban J connectivity index is 1.79. The Morgan fingerprint density at radius 2 is 1.54 bits per heavy atom. The van der Waals surface area contributed by atoms with Crippen LogP contribution in [0.4, 0.5) is 13.2 Å². The summed E-state index contributed by atoms with van der Waals surface area (Å²) in [6, 6.07) is 11.6. The average molecular weight is 330 g/mol. The highest BCUT2D eigenvalue weighted by Gasteiger charge is 2.30. The van der Waals surface area contributed by atoms with E-state index >= 15 is 0 Å². The largest absolute Gasteiger partial charge is 0.416 e. The molecule has 0 amide bonds. The van der Waals surface area contributed by atoms with E-state index in [1.54, 1.807) is 30.3 Å². The second-order valence-corrected chi connectivity index (χ2v) is 5.61. The summed E-state index contributed by atoms with van der Waals surface area (Å²) in [5.41, 5.74) is 0.806. The van der Waals surface area contributed by atoms with E-state index in [1.165, 1.54) is 12.1 Å². The molecule has 0 unspecified atom stereocenters. The lowest BCUT2D eigenvalue weighted by molar-refractivity contribution is -0.137. The molecule has 0 saturated carbocycles. The van der Waals surface area contributed by atoms with Crippen LogP contribution in [-0.4, -0.2) is 11.6 Å². The van der Waals surface area contributed by atoms with Crippen LogP contribution in [0, 0.1) is 0 Å². The van der Waals surface area contributed by atoms with Gasteiger partial charge in [-0.2, -0.15) is 13.2 Å². The molecular weight excluding hydrogens is 317 g/mol. The Labute approximate surface area is 136 Å². The summed E-state index contributed by atoms with van der Waals surface area (Å²) in [5.74, 6) is -0.485. The summed E-state index contributed by atoms with van der Waals surface area (Å²) < 4.78 is 38.2. The number of Topliss-reactive ketones (excluding diaryl/α,β-unsaturated/α-hetero) is 1. The lowest BCUT2D eigenvalue weighted by Crippen LogP contribution is -2.17. The fraction of sp³-hybridized carbons (Fsp3) is 0.158. The van der Waals surface area contributed by atoms with E-state index in [9.17, 15) is 22.8 Å². The topological polar surface area (TPSA) is 34.1 Å². The van der Waals surface area contributed by atoms with Crippen molar-refractivity contribution >= 4 is 11.6 Å². The van der Waals surface area contributed by atoms with Crippen molar-refractivity contribution in [3.8, 4) is 0 Å². The first kappa shape index (κ1) is 16.2. The Morgan fingerprint density at radius 3 is 2.25 bits per heavy atom. The molecule has 0 aromatic heterocycles. The van der Waals surface area contributed by atoms with E-state index in [0.29, 0.717) is 22.3 Å². The molecule has 0 radical (unpaired) electrons. The second kappa shape index (κ2) is 6.07. The van der Waals surface area contributed by atoms with Crippen molar-refractivity contribution in [2.24, 2.45) is 0 Å². The first-order chi connectivity index (χ1) is 11.4. The molecule has 5 heteroatoms. The van der Waals surface area contributed by atoms with Crippen LogP contribution in [-0.2, 0) is 12.6 Å². The van der Waals surface area contributed by atoms with Crippen LogP contribution in [0.1, 0.15) is 38.3 Å². The second-order valence-electron chi connectivity index (χ2n) is 5.61. The molecule has 2 aromatic carbocycles. The molecule has 1 aliphatic rings. The van der Waals surface area contributed by atoms with Gasteiger partial charge >= 0.3 is 6.18 Å². The van der Waals surface area contributed by atoms with Crippen LogP contribution in [0.2, 0.25) is 0 Å². The molecule has 0 bridgehead atoms. The van der Waals surface area contributed by atoms with Gasteiger partial charge in [0.15, 0.2) is 11.6 Å². The number of benzene rings is 2. The molecule has 2 nitrogen and oxygen atoms in total. The maximum Gasteiger partial charge on any atom is 0.416 e. The number of aryl methyl sites for hydroxylation is 1. The molecule has 0 heterocycles. The molecule has 0 fully saturated rings. The summed E-state index contributed by atoms with van der Waals surface area (Å²) in [7, 11) is 0. The van der Waals surface area contributed by atoms with Crippen molar-refractivity contribution in [2.45, 2.75) is 19.0 Å². The monoisotopic (exact) mass is 330 g/mol. The van der Waals surface area contributed by atoms with Gasteiger partial charge in [-0.3, -0.25) is 9.59 Å². The summed E-state index contributed by atoms with van der Waals surface area (Å²) in [5, 5.41) is 0. The van der Waals surface area contributed by atoms with Crippen LogP contribution in [0.3, 0.4) is 0 Å². The minimum atomic E-state index is -4.40. The van der Waals surface area contributed by atoms with E-state index in [2.05, 4.69) is 0 Å². The van der Waals surface area contributed by atoms with E-state index < -0.39 is 11.7 Å². The van der Waals surface area contributed by atoms with Gasteiger partial charge in [-0.05, 0) is 30.5 Å². The summed E-state index contributed by atoms with van der Waals surface area (Å²) in [4.78, 5) is 24.5. The number of halogens is 3. The van der Waals surface area contributed by atoms with Crippen molar-refractivity contribution in [1.29, 1.82) is 0 Å². The van der Waals surface area contributed by atoms with Crippen LogP contribution in [0.5, 0.6) is 0 Å². The van der Waals surface area contributed by atoms with E-state index in [-0.39, 0.29) is 24.4 Å². The molecule has 0 N–H and O–H groups in total. The fourth-order valence-electron chi connectivity index (χ4n) is 2.74. The third kappa shape index (κ3) is 3.15. The molecule has 0 aliphatic heterocycles. The molecule has 3 rings (SSSR count). The molecule has 0 saturated heterocycles. The normalized spacial score (nSPS) is 14.4. The highest BCUT2D eigenvalue weighted by molar-refractivity contribution is 6.24. The SMILES string of the molecule is O=C1C=C(CCc2cccc(C(F)(F)F)c2)C(=O)c2ccccc21. The lowest BCUT2D eigenvalue weighted by Gasteiger charge is -2.15. The van der Waals surface area contributed by atoms with Crippen molar-refractivity contribution in [2.75, 3.05) is 0 Å². The molecule has 0 atom stereocenters. The number of hydrogen-bond donors (Lipinski definition) is 0. The van der Waals surface area contributed by atoms with Gasteiger partial charge in [-0.1, -0.05) is 42.5 Å². The number of ketones is 2. The number of fused-ring (bicyclic) bond motifs is 1. The van der Waals surface area contributed by atoms with Gasteiger partial charge in [0.05, 0.1) is 5.56 Å². The first-order valence-corrected chi connectivity index (χ1v) is 7.41. The average Bonchev–Trinajstić information content (AvgIpc) is 2.56. The third-order valence-corrected chi connectivity index (χ3v) is 3.97. The van der Waals surface area contributed by atoms with Crippen molar-refractivity contribution in [1.82, 2.24) is 0 Å². The highest BCUT2D eigenvalue weighted by atomic mass is 19.4. The van der Waals surface area contributed by atoms with Gasteiger partial charge in [-0.15, -0.1) is 0 Å². The predicted molar refractivity (Wildman–Crippen MR) is 83.0 cm³/mol. The predicted octanol–water partition coefficient (Wildman–Crippen LogP) is 4.64. The summed E-state index contributed by atoms with van der Waals surface area (Å²) >= 11 is 0. The highest BCUT2D eigenvalue weighted by Crippen LogP contribution is 2.30. The lowest BCUT2D eigenvalue weighted by atomic mass is 9.87. The van der Waals surface area contributed by atoms with Gasteiger partial charge < -0.3 is 0 Å². The van der Waals surface area contributed by atoms with Crippen LogP contribution in [0.15, 0.2) is 60.2 Å². The number of hydrogen-bond acceptors (Lipinski definition) is 2. The molecule has 24 heavy (non-hydrogen) atoms. The number of allylic oxidation sites excluding steroid dienone is 2. The minimum absolute atomic E-state index is 0.222. The van der Waals surface area contributed by atoms with Crippen molar-refractivity contribution in [3.05, 3.63) is 82.4 Å². The summed E-state index contributed by atoms with van der Waals surface area (Å²) in [6.07, 6.45) is -2.62. The van der Waals surface area contributed by atoms with Crippen molar-refractivity contribution in [3.63, 3.8) is 0 Å². The number of rotatable bonds is 3. The fourth-order valence-corrected chi connectivity index (χ4v) is 2.74. The Hall–Kier alpha value is -2.69. The Bertz CT molecular complexity index is 848. The van der Waals surface area contributed by atoms with Gasteiger partial charge in [0, 0.05) is 16.7 Å². The van der Waals surface area contributed by atoms with E-state index in [4.69, 9.17) is 0 Å². The van der Waals surface area contributed by atoms with Gasteiger partial charge in [0.2, 0.25) is 0 Å². The molecule has 122 valence electrons. The molecular formula is C19H13F3O2. The van der Waals surface area contributed by atoms with Gasteiger partial charge in [0.1, 0.15) is 0 Å². The smallest absolute Gasteiger partial charge is 0.289 e. The number of alkyl halides is 3. The maximum atomic E-state index is 12.7. The first-order valence-electron chi connectivity index (χ1n) is 7.41. The Morgan fingerprint density at radius 1 is 0.833 bits per heavy atom. The van der Waals surface area contributed by atoms with E-state index in [0.717, 1.165) is 12.1 Å². The van der Waals surface area contributed by atoms with Crippen LogP contribution in [0.25, 0.3) is 0 Å². The zero-order chi connectivity index (χ0) is 17.3. The quantitative estimate of drug-likeness (QED) is 0.821. The van der Waals surface area contributed by atoms with Gasteiger partial charge in [0.25, 0.3) is 0 Å². The third-order valence-electron chi connectivity index (χ3n) is 3.97. The Kier molecular flexibility index (Phi) is 4.09. The number of carbonyl (C=O) groups excluding carboxylic acids is 2. The summed E-state index contributed by atoms with van der Waals surface area (Å²) in [6.45, 7) is 0. The van der Waals surface area contributed by atoms with Crippen LogP contribution >= 0.6 is 0 Å². The van der Waals surface area contributed by atoms with Crippen molar-refractivity contribution < 1.29 is 22.8 Å². The maximum absolute atomic E-state index is 12.7. The molecule has 1 aliphatic carbocycles. The standard InChI is InChI=1S/C19H13F3O2/c20-19(21,22)14-5-3-4-12(10-14)8-9-13-11-17(23)15-6-1-2-7-16(15)18(13)24/h1-7,10-11H,8-9H2. The van der Waals surface area contributed by atoms with Gasteiger partial charge in [-0.25, -0.2) is 0 Å². The molecule has 2 aromatic rings. The van der Waals surface area contributed by atoms with Crippen LogP contribution < -0.4 is 0 Å². The van der Waals surface area contributed by atoms with E-state index in [1.807, 2.05) is 0 Å². The zero-order valence-electron chi connectivity index (χ0n) is 12.6. The minimum Gasteiger partial charge on any atom is -0.289 e. The zero-order valence-corrected chi connectivity index (χ0v) is 12.6.